The van der Waals surface area contributed by atoms with E-state index in [9.17, 15) is 4.79 Å². The van der Waals surface area contributed by atoms with Gasteiger partial charge in [0, 0.05) is 25.9 Å². The SMILES string of the molecule is CCCC(=O)N(CCC(N)=S)Cc1ccccc1. The predicted octanol–water partition coefficient (Wildman–Crippen LogP) is 2.49. The van der Waals surface area contributed by atoms with Crippen molar-refractivity contribution in [3.05, 3.63) is 35.9 Å². The number of hydrogen-bond donors (Lipinski definition) is 1. The maximum atomic E-state index is 12.0. The number of carbonyl (C=O) groups excluding carboxylic acids is 1. The fraction of sp³-hybridized carbons (Fsp3) is 0.429. The molecule has 0 aliphatic carbocycles. The van der Waals surface area contributed by atoms with Gasteiger partial charge in [-0.3, -0.25) is 4.79 Å². The van der Waals surface area contributed by atoms with E-state index >= 15 is 0 Å². The van der Waals surface area contributed by atoms with E-state index in [1.54, 1.807) is 0 Å². The summed E-state index contributed by atoms with van der Waals surface area (Å²) >= 11 is 4.87. The highest BCUT2D eigenvalue weighted by atomic mass is 32.1. The third-order valence-electron chi connectivity index (χ3n) is 2.66. The van der Waals surface area contributed by atoms with Crippen LogP contribution < -0.4 is 5.73 Å². The number of nitrogens with two attached hydrogens (primary N) is 1. The van der Waals surface area contributed by atoms with E-state index in [4.69, 9.17) is 18.0 Å². The zero-order chi connectivity index (χ0) is 13.4. The molecule has 0 fully saturated rings. The van der Waals surface area contributed by atoms with Crippen LogP contribution in [0.15, 0.2) is 30.3 Å². The summed E-state index contributed by atoms with van der Waals surface area (Å²) in [5.41, 5.74) is 6.63. The van der Waals surface area contributed by atoms with E-state index in [-0.39, 0.29) is 5.91 Å². The Morgan fingerprint density at radius 2 is 1.94 bits per heavy atom. The normalized spacial score (nSPS) is 10.1. The number of nitrogens with zero attached hydrogens (tertiary/aromatic N) is 1. The minimum Gasteiger partial charge on any atom is -0.393 e. The molecule has 1 rings (SSSR count). The molecule has 18 heavy (non-hydrogen) atoms. The minimum absolute atomic E-state index is 0.164. The predicted molar refractivity (Wildman–Crippen MR) is 78.2 cm³/mol. The van der Waals surface area contributed by atoms with Gasteiger partial charge in [-0.15, -0.1) is 0 Å². The first-order valence-corrected chi connectivity index (χ1v) is 6.64. The molecule has 2 N–H and O–H groups in total. The molecular formula is C14H20N2OS. The van der Waals surface area contributed by atoms with Crippen LogP contribution in [0.2, 0.25) is 0 Å². The molecule has 0 unspecified atom stereocenters. The zero-order valence-corrected chi connectivity index (χ0v) is 11.6. The highest BCUT2D eigenvalue weighted by Crippen LogP contribution is 2.08. The van der Waals surface area contributed by atoms with E-state index in [1.807, 2.05) is 42.2 Å². The highest BCUT2D eigenvalue weighted by molar-refractivity contribution is 7.80. The lowest BCUT2D eigenvalue weighted by Gasteiger charge is -2.22. The van der Waals surface area contributed by atoms with Crippen LogP contribution >= 0.6 is 12.2 Å². The standard InChI is InChI=1S/C14H20N2OS/c1-2-6-14(17)16(10-9-13(15)18)11-12-7-4-3-5-8-12/h3-5,7-8H,2,6,9-11H2,1H3,(H2,15,18). The molecular weight excluding hydrogens is 244 g/mol. The molecule has 0 saturated heterocycles. The van der Waals surface area contributed by atoms with Gasteiger partial charge in [0.15, 0.2) is 0 Å². The molecule has 1 amide bonds. The smallest absolute Gasteiger partial charge is 0.222 e. The molecule has 4 heteroatoms. The van der Waals surface area contributed by atoms with Gasteiger partial charge in [0.05, 0.1) is 4.99 Å². The van der Waals surface area contributed by atoms with Gasteiger partial charge in [-0.05, 0) is 12.0 Å². The maximum Gasteiger partial charge on any atom is 0.222 e. The van der Waals surface area contributed by atoms with Crippen LogP contribution in [0.5, 0.6) is 0 Å². The lowest BCUT2D eigenvalue weighted by Crippen LogP contribution is -2.33. The number of benzene rings is 1. The van der Waals surface area contributed by atoms with Gasteiger partial charge in [-0.2, -0.15) is 0 Å². The molecule has 0 aliphatic rings. The lowest BCUT2D eigenvalue weighted by molar-refractivity contribution is -0.131. The van der Waals surface area contributed by atoms with Crippen molar-refractivity contribution < 1.29 is 4.79 Å². The van der Waals surface area contributed by atoms with Crippen LogP contribution in [-0.2, 0) is 11.3 Å². The molecule has 3 nitrogen and oxygen atoms in total. The van der Waals surface area contributed by atoms with E-state index < -0.39 is 0 Å². The quantitative estimate of drug-likeness (QED) is 0.770. The molecule has 0 spiro atoms. The fourth-order valence-corrected chi connectivity index (χ4v) is 1.80. The molecule has 0 aromatic heterocycles. The van der Waals surface area contributed by atoms with Crippen LogP contribution in [0.3, 0.4) is 0 Å². The summed E-state index contributed by atoms with van der Waals surface area (Å²) in [7, 11) is 0. The number of thiocarbonyl (C=S) groups is 1. The second-order valence-electron chi connectivity index (χ2n) is 4.27. The summed E-state index contributed by atoms with van der Waals surface area (Å²) in [6.07, 6.45) is 2.01. The van der Waals surface area contributed by atoms with Gasteiger partial charge < -0.3 is 10.6 Å². The molecule has 98 valence electrons. The zero-order valence-electron chi connectivity index (χ0n) is 10.8. The van der Waals surface area contributed by atoms with Crippen LogP contribution in [0.25, 0.3) is 0 Å². The Bertz CT molecular complexity index is 392. The van der Waals surface area contributed by atoms with Crippen molar-refractivity contribution in [2.24, 2.45) is 5.73 Å². The second-order valence-corrected chi connectivity index (χ2v) is 4.79. The molecule has 0 heterocycles. The summed E-state index contributed by atoms with van der Waals surface area (Å²) in [4.78, 5) is 14.3. The van der Waals surface area contributed by atoms with Gasteiger partial charge >= 0.3 is 0 Å². The van der Waals surface area contributed by atoms with Gasteiger partial charge in [0.25, 0.3) is 0 Å². The molecule has 0 atom stereocenters. The van der Waals surface area contributed by atoms with E-state index in [2.05, 4.69) is 0 Å². The van der Waals surface area contributed by atoms with Crippen LogP contribution in [0.1, 0.15) is 31.7 Å². The Morgan fingerprint density at radius 1 is 1.28 bits per heavy atom. The Labute approximate surface area is 114 Å². The van der Waals surface area contributed by atoms with Crippen molar-refractivity contribution in [2.45, 2.75) is 32.7 Å². The van der Waals surface area contributed by atoms with E-state index in [1.165, 1.54) is 0 Å². The van der Waals surface area contributed by atoms with E-state index in [0.29, 0.717) is 30.9 Å². The Hall–Kier alpha value is -1.42. The summed E-state index contributed by atoms with van der Waals surface area (Å²) in [6.45, 7) is 3.23. The largest absolute Gasteiger partial charge is 0.393 e. The lowest BCUT2D eigenvalue weighted by atomic mass is 10.2. The first-order valence-electron chi connectivity index (χ1n) is 6.23. The van der Waals surface area contributed by atoms with Gasteiger partial charge in [0.2, 0.25) is 5.91 Å². The average Bonchev–Trinajstić information content (AvgIpc) is 2.35. The van der Waals surface area contributed by atoms with Crippen molar-refractivity contribution in [1.29, 1.82) is 0 Å². The number of hydrogen-bond acceptors (Lipinski definition) is 2. The second kappa shape index (κ2) is 7.82. The van der Waals surface area contributed by atoms with Gasteiger partial charge in [-0.25, -0.2) is 0 Å². The highest BCUT2D eigenvalue weighted by Gasteiger charge is 2.12. The fourth-order valence-electron chi connectivity index (χ4n) is 1.71. The van der Waals surface area contributed by atoms with Crippen molar-refractivity contribution in [3.63, 3.8) is 0 Å². The maximum absolute atomic E-state index is 12.0. The Balaban J connectivity index is 2.64. The van der Waals surface area contributed by atoms with Crippen molar-refractivity contribution in [1.82, 2.24) is 4.90 Å². The van der Waals surface area contributed by atoms with Crippen LogP contribution in [-0.4, -0.2) is 22.3 Å². The summed E-state index contributed by atoms with van der Waals surface area (Å²) in [5, 5.41) is 0. The van der Waals surface area contributed by atoms with Crippen molar-refractivity contribution in [2.75, 3.05) is 6.54 Å². The topological polar surface area (TPSA) is 46.3 Å². The van der Waals surface area contributed by atoms with Crippen molar-refractivity contribution >= 4 is 23.1 Å². The van der Waals surface area contributed by atoms with Crippen molar-refractivity contribution in [3.8, 4) is 0 Å². The monoisotopic (exact) mass is 264 g/mol. The first-order chi connectivity index (χ1) is 8.63. The molecule has 0 saturated carbocycles. The average molecular weight is 264 g/mol. The Morgan fingerprint density at radius 3 is 2.50 bits per heavy atom. The van der Waals surface area contributed by atoms with Gasteiger partial charge in [0.1, 0.15) is 0 Å². The van der Waals surface area contributed by atoms with E-state index in [0.717, 1.165) is 12.0 Å². The van der Waals surface area contributed by atoms with Crippen LogP contribution in [0, 0.1) is 0 Å². The molecule has 0 radical (unpaired) electrons. The summed E-state index contributed by atoms with van der Waals surface area (Å²) in [5.74, 6) is 0.164. The van der Waals surface area contributed by atoms with Gasteiger partial charge in [-0.1, -0.05) is 49.5 Å². The Kier molecular flexibility index (Phi) is 6.36. The first kappa shape index (κ1) is 14.6. The minimum atomic E-state index is 0.164. The third kappa shape index (κ3) is 5.27. The number of carbonyl (C=O) groups is 1. The molecule has 0 bridgehead atoms. The summed E-state index contributed by atoms with van der Waals surface area (Å²) < 4.78 is 0. The van der Waals surface area contributed by atoms with Crippen LogP contribution in [0.4, 0.5) is 0 Å². The summed E-state index contributed by atoms with van der Waals surface area (Å²) in [6, 6.07) is 9.97. The number of rotatable bonds is 7. The number of amides is 1. The molecule has 1 aromatic carbocycles. The third-order valence-corrected chi connectivity index (χ3v) is 2.87. The molecule has 1 aromatic rings. The molecule has 0 aliphatic heterocycles.